The number of hydrogen-bond acceptors (Lipinski definition) is 2. The van der Waals surface area contributed by atoms with Crippen molar-refractivity contribution in [1.82, 2.24) is 0 Å². The van der Waals surface area contributed by atoms with Crippen molar-refractivity contribution in [1.29, 1.82) is 0 Å². The zero-order chi connectivity index (χ0) is 19.9. The van der Waals surface area contributed by atoms with Crippen molar-refractivity contribution in [3.63, 3.8) is 0 Å². The fraction of sp³-hybridized carbons (Fsp3) is 0.400. The van der Waals surface area contributed by atoms with Crippen molar-refractivity contribution in [2.24, 2.45) is 5.41 Å². The van der Waals surface area contributed by atoms with E-state index in [9.17, 15) is 4.79 Å². The van der Waals surface area contributed by atoms with Crippen molar-refractivity contribution in [3.05, 3.63) is 70.3 Å². The van der Waals surface area contributed by atoms with Crippen molar-refractivity contribution in [2.75, 3.05) is 6.61 Å². The summed E-state index contributed by atoms with van der Waals surface area (Å²) in [5, 5.41) is 0. The predicted molar refractivity (Wildman–Crippen MR) is 115 cm³/mol. The third-order valence-corrected chi connectivity index (χ3v) is 5.13. The summed E-state index contributed by atoms with van der Waals surface area (Å²) in [6.45, 7) is 11.0. The van der Waals surface area contributed by atoms with Gasteiger partial charge in [0.15, 0.2) is 0 Å². The molecule has 1 aromatic rings. The summed E-state index contributed by atoms with van der Waals surface area (Å²) in [4.78, 5) is 11.6. The quantitative estimate of drug-likeness (QED) is 0.317. The van der Waals surface area contributed by atoms with E-state index in [0.717, 1.165) is 11.1 Å². The van der Waals surface area contributed by atoms with E-state index in [1.54, 1.807) is 0 Å². The van der Waals surface area contributed by atoms with Crippen LogP contribution in [0.3, 0.4) is 0 Å². The molecule has 0 fully saturated rings. The molecule has 144 valence electrons. The van der Waals surface area contributed by atoms with Crippen LogP contribution < -0.4 is 0 Å². The second-order valence-electron chi connectivity index (χ2n) is 7.87. The summed E-state index contributed by atoms with van der Waals surface area (Å²) in [6, 6.07) is 8.33. The summed E-state index contributed by atoms with van der Waals surface area (Å²) in [6.07, 6.45) is 13.8. The summed E-state index contributed by atoms with van der Waals surface area (Å²) < 4.78 is 4.96. The second-order valence-corrected chi connectivity index (χ2v) is 7.87. The molecule has 0 saturated carbocycles. The molecule has 1 aromatic carbocycles. The summed E-state index contributed by atoms with van der Waals surface area (Å²) in [5.74, 6) is -0.297. The van der Waals surface area contributed by atoms with E-state index in [1.165, 1.54) is 42.0 Å². The van der Waals surface area contributed by atoms with Gasteiger partial charge in [0, 0.05) is 6.08 Å². The van der Waals surface area contributed by atoms with E-state index in [4.69, 9.17) is 4.74 Å². The highest BCUT2D eigenvalue weighted by Gasteiger charge is 2.26. The maximum atomic E-state index is 11.6. The minimum absolute atomic E-state index is 0.239. The van der Waals surface area contributed by atoms with Gasteiger partial charge in [0.25, 0.3) is 0 Å². The smallest absolute Gasteiger partial charge is 0.330 e. The van der Waals surface area contributed by atoms with Gasteiger partial charge >= 0.3 is 5.97 Å². The molecule has 0 spiro atoms. The summed E-state index contributed by atoms with van der Waals surface area (Å²) in [7, 11) is 0. The fourth-order valence-corrected chi connectivity index (χ4v) is 3.64. The Morgan fingerprint density at radius 1 is 1.15 bits per heavy atom. The molecule has 0 aliphatic heterocycles. The molecule has 1 aliphatic carbocycles. The number of carbonyl (C=O) groups excluding carboxylic acids is 1. The molecule has 2 nitrogen and oxygen atoms in total. The molecule has 0 unspecified atom stereocenters. The normalized spacial score (nSPS) is 17.7. The average Bonchev–Trinajstić information content (AvgIpc) is 2.60. The third-order valence-electron chi connectivity index (χ3n) is 5.13. The molecule has 2 rings (SSSR count). The Hall–Kier alpha value is -2.35. The molecule has 0 aromatic heterocycles. The van der Waals surface area contributed by atoms with Crippen LogP contribution in [0.2, 0.25) is 0 Å². The van der Waals surface area contributed by atoms with E-state index < -0.39 is 0 Å². The average molecular weight is 365 g/mol. The van der Waals surface area contributed by atoms with E-state index in [-0.39, 0.29) is 11.4 Å². The Morgan fingerprint density at radius 3 is 2.44 bits per heavy atom. The van der Waals surface area contributed by atoms with Crippen LogP contribution in [0.1, 0.15) is 65.0 Å². The first-order chi connectivity index (χ1) is 12.8. The molecule has 0 heterocycles. The number of esters is 1. The van der Waals surface area contributed by atoms with Gasteiger partial charge in [-0.05, 0) is 67.7 Å². The van der Waals surface area contributed by atoms with Gasteiger partial charge in [-0.15, -0.1) is 0 Å². The molecule has 2 heteroatoms. The largest absolute Gasteiger partial charge is 0.463 e. The van der Waals surface area contributed by atoms with Crippen molar-refractivity contribution >= 4 is 18.1 Å². The van der Waals surface area contributed by atoms with Gasteiger partial charge in [-0.1, -0.05) is 68.0 Å². The lowest BCUT2D eigenvalue weighted by Crippen LogP contribution is -2.18. The molecule has 1 aliphatic rings. The Morgan fingerprint density at radius 2 is 1.81 bits per heavy atom. The van der Waals surface area contributed by atoms with E-state index >= 15 is 0 Å². The van der Waals surface area contributed by atoms with Gasteiger partial charge in [0.1, 0.15) is 0 Å². The molecule has 0 bridgehead atoms. The van der Waals surface area contributed by atoms with Gasteiger partial charge in [-0.2, -0.15) is 0 Å². The van der Waals surface area contributed by atoms with Gasteiger partial charge in [-0.25, -0.2) is 4.79 Å². The second kappa shape index (κ2) is 9.55. The highest BCUT2D eigenvalue weighted by molar-refractivity contribution is 5.83. The highest BCUT2D eigenvalue weighted by atomic mass is 16.5. The molecule has 0 saturated heterocycles. The number of rotatable bonds is 6. The Kier molecular flexibility index (Phi) is 7.41. The van der Waals surface area contributed by atoms with Crippen molar-refractivity contribution in [2.45, 2.75) is 53.9 Å². The van der Waals surface area contributed by atoms with Crippen LogP contribution in [-0.4, -0.2) is 12.6 Å². The topological polar surface area (TPSA) is 26.3 Å². The van der Waals surface area contributed by atoms with E-state index in [0.29, 0.717) is 6.61 Å². The molecular formula is C25H32O2. The van der Waals surface area contributed by atoms with Crippen LogP contribution >= 0.6 is 0 Å². The number of benzene rings is 1. The van der Waals surface area contributed by atoms with E-state index in [1.807, 2.05) is 26.0 Å². The molecule has 0 radical (unpaired) electrons. The fourth-order valence-electron chi connectivity index (χ4n) is 3.64. The van der Waals surface area contributed by atoms with Crippen LogP contribution in [0.15, 0.2) is 59.2 Å². The maximum absolute atomic E-state index is 11.6. The first kappa shape index (κ1) is 21.0. The van der Waals surface area contributed by atoms with Gasteiger partial charge in [0.05, 0.1) is 6.61 Å². The van der Waals surface area contributed by atoms with Crippen LogP contribution in [0.5, 0.6) is 0 Å². The summed E-state index contributed by atoms with van der Waals surface area (Å²) >= 11 is 0. The monoisotopic (exact) mass is 364 g/mol. The molecular weight excluding hydrogens is 332 g/mol. The highest BCUT2D eigenvalue weighted by Crippen LogP contribution is 2.41. The standard InChI is InChI=1S/C25H32O2/c1-6-27-24(26)18-19(2)13-14-21-11-7-8-12-22(21)15-16-23-20(3)10-9-17-25(23,4)5/h7-8,11-16,18H,6,9-10,17H2,1-5H3. The summed E-state index contributed by atoms with van der Waals surface area (Å²) in [5.41, 5.74) is 6.40. The molecule has 0 amide bonds. The maximum Gasteiger partial charge on any atom is 0.330 e. The van der Waals surface area contributed by atoms with Crippen LogP contribution in [0, 0.1) is 5.41 Å². The minimum atomic E-state index is -0.297. The number of ether oxygens (including phenoxy) is 1. The van der Waals surface area contributed by atoms with Crippen LogP contribution in [0.4, 0.5) is 0 Å². The lowest BCUT2D eigenvalue weighted by molar-refractivity contribution is -0.137. The van der Waals surface area contributed by atoms with Crippen molar-refractivity contribution in [3.8, 4) is 0 Å². The molecule has 0 atom stereocenters. The van der Waals surface area contributed by atoms with Gasteiger partial charge < -0.3 is 4.74 Å². The first-order valence-electron chi connectivity index (χ1n) is 9.84. The lowest BCUT2D eigenvalue weighted by atomic mass is 9.72. The van der Waals surface area contributed by atoms with Crippen LogP contribution in [-0.2, 0) is 9.53 Å². The van der Waals surface area contributed by atoms with Gasteiger partial charge in [0.2, 0.25) is 0 Å². The third kappa shape index (κ3) is 6.09. The Labute approximate surface area is 164 Å². The Balaban J connectivity index is 2.23. The molecule has 27 heavy (non-hydrogen) atoms. The van der Waals surface area contributed by atoms with Crippen LogP contribution in [0.25, 0.3) is 12.2 Å². The van der Waals surface area contributed by atoms with Gasteiger partial charge in [-0.3, -0.25) is 0 Å². The van der Waals surface area contributed by atoms with Crippen molar-refractivity contribution < 1.29 is 9.53 Å². The predicted octanol–water partition coefficient (Wildman–Crippen LogP) is 6.75. The SMILES string of the molecule is CCOC(=O)C=C(C)C=Cc1ccccc1C=CC1=C(C)CCCC1(C)C. The Bertz CT molecular complexity index is 788. The van der Waals surface area contributed by atoms with E-state index in [2.05, 4.69) is 57.2 Å². The first-order valence-corrected chi connectivity index (χ1v) is 9.84. The number of carbonyl (C=O) groups is 1. The zero-order valence-corrected chi connectivity index (χ0v) is 17.3. The number of allylic oxidation sites excluding steroid dienone is 5. The number of hydrogen-bond donors (Lipinski definition) is 0. The lowest BCUT2D eigenvalue weighted by Gasteiger charge is -2.33. The zero-order valence-electron chi connectivity index (χ0n) is 17.3. The molecule has 0 N–H and O–H groups in total. The minimum Gasteiger partial charge on any atom is -0.463 e.